The summed E-state index contributed by atoms with van der Waals surface area (Å²) in [5, 5.41) is 6.07. The third-order valence-corrected chi connectivity index (χ3v) is 4.07. The number of halogens is 1. The minimum absolute atomic E-state index is 0. The summed E-state index contributed by atoms with van der Waals surface area (Å²) in [6.45, 7) is 1.69. The van der Waals surface area contributed by atoms with Gasteiger partial charge in [0, 0.05) is 17.7 Å². The van der Waals surface area contributed by atoms with Gasteiger partial charge in [0.2, 0.25) is 15.9 Å². The maximum Gasteiger partial charge on any atom is 0.229 e. The third-order valence-electron chi connectivity index (χ3n) is 3.47. The molecule has 7 nitrogen and oxygen atoms in total. The van der Waals surface area contributed by atoms with Crippen LogP contribution >= 0.6 is 12.4 Å². The second-order valence-corrected chi connectivity index (χ2v) is 7.05. The first kappa shape index (κ1) is 19.5. The predicted molar refractivity (Wildman–Crippen MR) is 92.9 cm³/mol. The smallest absolute Gasteiger partial charge is 0.229 e. The Morgan fingerprint density at radius 2 is 1.96 bits per heavy atom. The number of sulfonamides is 1. The van der Waals surface area contributed by atoms with E-state index < -0.39 is 10.0 Å². The zero-order chi connectivity index (χ0) is 16.2. The molecular formula is C14H22ClN3O4S. The van der Waals surface area contributed by atoms with Gasteiger partial charge in [-0.1, -0.05) is 0 Å². The molecule has 2 rings (SSSR count). The number of piperidine rings is 1. The van der Waals surface area contributed by atoms with Crippen LogP contribution in [0.15, 0.2) is 18.2 Å². The van der Waals surface area contributed by atoms with Gasteiger partial charge < -0.3 is 15.4 Å². The van der Waals surface area contributed by atoms with Crippen LogP contribution < -0.4 is 20.1 Å². The van der Waals surface area contributed by atoms with Crippen LogP contribution in [-0.2, 0) is 14.8 Å². The van der Waals surface area contributed by atoms with Crippen molar-refractivity contribution in [1.29, 1.82) is 0 Å². The fraction of sp³-hybridized carbons (Fsp3) is 0.500. The van der Waals surface area contributed by atoms with Crippen molar-refractivity contribution in [2.24, 2.45) is 5.92 Å². The van der Waals surface area contributed by atoms with Crippen molar-refractivity contribution in [3.63, 3.8) is 0 Å². The summed E-state index contributed by atoms with van der Waals surface area (Å²) >= 11 is 0. The average Bonchev–Trinajstić information content (AvgIpc) is 2.48. The minimum Gasteiger partial charge on any atom is -0.494 e. The predicted octanol–water partition coefficient (Wildman–Crippen LogP) is 1.43. The van der Waals surface area contributed by atoms with E-state index in [1.165, 1.54) is 7.11 Å². The maximum atomic E-state index is 12.2. The molecule has 0 radical (unpaired) electrons. The fourth-order valence-electron chi connectivity index (χ4n) is 2.38. The number of carbonyl (C=O) groups excluding carboxylic acids is 1. The van der Waals surface area contributed by atoms with Crippen LogP contribution in [0.1, 0.15) is 12.8 Å². The molecule has 1 heterocycles. The van der Waals surface area contributed by atoms with E-state index in [0.29, 0.717) is 17.1 Å². The van der Waals surface area contributed by atoms with Crippen molar-refractivity contribution in [1.82, 2.24) is 5.32 Å². The second kappa shape index (κ2) is 8.37. The molecule has 1 aliphatic rings. The molecule has 0 atom stereocenters. The highest BCUT2D eigenvalue weighted by molar-refractivity contribution is 7.92. The van der Waals surface area contributed by atoms with Gasteiger partial charge in [-0.3, -0.25) is 9.52 Å². The zero-order valence-electron chi connectivity index (χ0n) is 13.1. The fourth-order valence-corrected chi connectivity index (χ4v) is 2.95. The molecule has 0 saturated carbocycles. The molecule has 130 valence electrons. The van der Waals surface area contributed by atoms with Gasteiger partial charge in [-0.15, -0.1) is 12.4 Å². The van der Waals surface area contributed by atoms with Crippen LogP contribution in [-0.4, -0.2) is 40.8 Å². The Kier molecular flexibility index (Phi) is 7.11. The van der Waals surface area contributed by atoms with Crippen molar-refractivity contribution >= 4 is 39.7 Å². The molecule has 1 amide bonds. The number of carbonyl (C=O) groups is 1. The molecular weight excluding hydrogens is 342 g/mol. The number of methoxy groups -OCH3 is 1. The standard InChI is InChI=1S/C14H21N3O4S.ClH/c1-21-13-9-11(3-4-12(13)17-22(2,19)20)16-14(18)10-5-7-15-8-6-10;/h3-4,9-10,15,17H,5-8H2,1-2H3,(H,16,18);1H. The number of ether oxygens (including phenoxy) is 1. The van der Waals surface area contributed by atoms with Gasteiger partial charge in [0.25, 0.3) is 0 Å². The van der Waals surface area contributed by atoms with Crippen LogP contribution in [0.4, 0.5) is 11.4 Å². The maximum absolute atomic E-state index is 12.2. The van der Waals surface area contributed by atoms with Crippen LogP contribution in [0.3, 0.4) is 0 Å². The third kappa shape index (κ3) is 5.89. The number of rotatable bonds is 5. The highest BCUT2D eigenvalue weighted by atomic mass is 35.5. The van der Waals surface area contributed by atoms with Gasteiger partial charge >= 0.3 is 0 Å². The van der Waals surface area contributed by atoms with E-state index in [4.69, 9.17) is 4.74 Å². The Morgan fingerprint density at radius 3 is 2.52 bits per heavy atom. The van der Waals surface area contributed by atoms with Gasteiger partial charge in [-0.2, -0.15) is 0 Å². The molecule has 1 fully saturated rings. The van der Waals surface area contributed by atoms with E-state index in [1.54, 1.807) is 18.2 Å². The second-order valence-electron chi connectivity index (χ2n) is 5.30. The van der Waals surface area contributed by atoms with Crippen LogP contribution in [0, 0.1) is 5.92 Å². The van der Waals surface area contributed by atoms with Crippen LogP contribution in [0.2, 0.25) is 0 Å². The van der Waals surface area contributed by atoms with Gasteiger partial charge in [0.15, 0.2) is 0 Å². The summed E-state index contributed by atoms with van der Waals surface area (Å²) in [5.41, 5.74) is 0.921. The summed E-state index contributed by atoms with van der Waals surface area (Å²) in [7, 11) is -1.94. The Morgan fingerprint density at radius 1 is 1.30 bits per heavy atom. The Balaban J connectivity index is 0.00000264. The zero-order valence-corrected chi connectivity index (χ0v) is 14.7. The molecule has 0 bridgehead atoms. The molecule has 0 spiro atoms. The lowest BCUT2D eigenvalue weighted by atomic mass is 9.97. The van der Waals surface area contributed by atoms with Crippen LogP contribution in [0.5, 0.6) is 5.75 Å². The Hall–Kier alpha value is -1.51. The summed E-state index contributed by atoms with van der Waals surface area (Å²) < 4.78 is 30.1. The first-order valence-electron chi connectivity index (χ1n) is 7.06. The normalized spacial score (nSPS) is 15.4. The average molecular weight is 364 g/mol. The van der Waals surface area contributed by atoms with Crippen molar-refractivity contribution < 1.29 is 17.9 Å². The number of anilines is 2. The number of nitrogens with one attached hydrogen (secondary N) is 3. The van der Waals surface area contributed by atoms with Crippen LogP contribution in [0.25, 0.3) is 0 Å². The monoisotopic (exact) mass is 363 g/mol. The summed E-state index contributed by atoms with van der Waals surface area (Å²) in [6.07, 6.45) is 2.70. The molecule has 9 heteroatoms. The van der Waals surface area contributed by atoms with Gasteiger partial charge in [-0.05, 0) is 38.1 Å². The van der Waals surface area contributed by atoms with Crippen molar-refractivity contribution in [3.8, 4) is 5.75 Å². The van der Waals surface area contributed by atoms with E-state index >= 15 is 0 Å². The number of hydrogen-bond acceptors (Lipinski definition) is 5. The Bertz CT molecular complexity index is 645. The molecule has 0 unspecified atom stereocenters. The van der Waals surface area contributed by atoms with Crippen molar-refractivity contribution in [2.75, 3.05) is 36.5 Å². The number of hydrogen-bond donors (Lipinski definition) is 3. The van der Waals surface area contributed by atoms with E-state index in [0.717, 1.165) is 32.2 Å². The molecule has 0 aromatic heterocycles. The lowest BCUT2D eigenvalue weighted by molar-refractivity contribution is -0.120. The van der Waals surface area contributed by atoms with E-state index in [-0.39, 0.29) is 24.2 Å². The summed E-state index contributed by atoms with van der Waals surface area (Å²) in [5.74, 6) is 0.335. The lowest BCUT2D eigenvalue weighted by Gasteiger charge is -2.22. The van der Waals surface area contributed by atoms with E-state index in [9.17, 15) is 13.2 Å². The van der Waals surface area contributed by atoms with Crippen molar-refractivity contribution in [2.45, 2.75) is 12.8 Å². The van der Waals surface area contributed by atoms with E-state index in [1.807, 2.05) is 0 Å². The highest BCUT2D eigenvalue weighted by Gasteiger charge is 2.21. The minimum atomic E-state index is -3.39. The first-order chi connectivity index (χ1) is 10.4. The van der Waals surface area contributed by atoms with Gasteiger partial charge in [0.1, 0.15) is 5.75 Å². The quantitative estimate of drug-likeness (QED) is 0.735. The Labute approximate surface area is 142 Å². The van der Waals surface area contributed by atoms with Gasteiger partial charge in [0.05, 0.1) is 19.1 Å². The SMILES string of the molecule is COc1cc(NC(=O)C2CCNCC2)ccc1NS(C)(=O)=O.Cl. The first-order valence-corrected chi connectivity index (χ1v) is 8.95. The topological polar surface area (TPSA) is 96.5 Å². The lowest BCUT2D eigenvalue weighted by Crippen LogP contribution is -2.34. The molecule has 1 aromatic rings. The summed E-state index contributed by atoms with van der Waals surface area (Å²) in [6, 6.07) is 4.82. The molecule has 23 heavy (non-hydrogen) atoms. The molecule has 0 aliphatic carbocycles. The number of benzene rings is 1. The number of amides is 1. The molecule has 1 aliphatic heterocycles. The largest absolute Gasteiger partial charge is 0.494 e. The summed E-state index contributed by atoms with van der Waals surface area (Å²) in [4.78, 5) is 12.2. The van der Waals surface area contributed by atoms with E-state index in [2.05, 4.69) is 15.4 Å². The molecule has 1 saturated heterocycles. The van der Waals surface area contributed by atoms with Gasteiger partial charge in [-0.25, -0.2) is 8.42 Å². The molecule has 1 aromatic carbocycles. The van der Waals surface area contributed by atoms with Crippen molar-refractivity contribution in [3.05, 3.63) is 18.2 Å². The highest BCUT2D eigenvalue weighted by Crippen LogP contribution is 2.29. The molecule has 3 N–H and O–H groups in total.